The lowest BCUT2D eigenvalue weighted by Crippen LogP contribution is -2.12. The van der Waals surface area contributed by atoms with Crippen LogP contribution >= 0.6 is 0 Å². The zero-order valence-electron chi connectivity index (χ0n) is 9.90. The van der Waals surface area contributed by atoms with Crippen LogP contribution in [0.4, 0.5) is 5.69 Å². The van der Waals surface area contributed by atoms with E-state index in [1.54, 1.807) is 6.20 Å². The maximum atomic E-state index is 11.9. The summed E-state index contributed by atoms with van der Waals surface area (Å²) in [5.74, 6) is 0.225. The minimum absolute atomic E-state index is 0.146. The molecule has 0 aliphatic heterocycles. The molecule has 1 aromatic carbocycles. The molecule has 0 radical (unpaired) electrons. The third-order valence-corrected chi connectivity index (χ3v) is 2.59. The number of carbonyl (C=O) groups excluding carboxylic acids is 1. The molecule has 4 heteroatoms. The number of aromatic nitrogens is 2. The van der Waals surface area contributed by atoms with E-state index in [2.05, 4.69) is 29.4 Å². The summed E-state index contributed by atoms with van der Waals surface area (Å²) in [7, 11) is 0. The first-order valence-corrected chi connectivity index (χ1v) is 5.57. The van der Waals surface area contributed by atoms with Crippen molar-refractivity contribution in [2.45, 2.75) is 19.8 Å². The average molecular weight is 229 g/mol. The van der Waals surface area contributed by atoms with Crippen LogP contribution in [-0.2, 0) is 0 Å². The van der Waals surface area contributed by atoms with Crippen LogP contribution in [0.2, 0.25) is 0 Å². The van der Waals surface area contributed by atoms with E-state index in [-0.39, 0.29) is 5.91 Å². The van der Waals surface area contributed by atoms with E-state index >= 15 is 0 Å². The molecule has 0 bridgehead atoms. The molecular weight excluding hydrogens is 214 g/mol. The van der Waals surface area contributed by atoms with Crippen molar-refractivity contribution in [2.24, 2.45) is 0 Å². The molecule has 0 saturated heterocycles. The molecule has 1 heterocycles. The number of rotatable bonds is 3. The Kier molecular flexibility index (Phi) is 3.23. The van der Waals surface area contributed by atoms with Crippen LogP contribution in [0, 0.1) is 0 Å². The summed E-state index contributed by atoms with van der Waals surface area (Å²) >= 11 is 0. The Labute approximate surface area is 100 Å². The molecule has 0 atom stereocenters. The van der Waals surface area contributed by atoms with Gasteiger partial charge in [-0.2, -0.15) is 5.10 Å². The van der Waals surface area contributed by atoms with E-state index in [1.165, 1.54) is 6.20 Å². The maximum Gasteiger partial charge on any atom is 0.258 e. The third-order valence-electron chi connectivity index (χ3n) is 2.59. The van der Waals surface area contributed by atoms with E-state index in [4.69, 9.17) is 0 Å². The standard InChI is InChI=1S/C13H15N3O/c1-9(2)11-5-3-4-6-12(11)16-13(17)10-7-14-15-8-10/h3-9H,1-2H3,(H,14,15)(H,16,17). The van der Waals surface area contributed by atoms with E-state index in [1.807, 2.05) is 24.3 Å². The van der Waals surface area contributed by atoms with Crippen LogP contribution < -0.4 is 5.32 Å². The van der Waals surface area contributed by atoms with Gasteiger partial charge in [0.25, 0.3) is 5.91 Å². The Balaban J connectivity index is 2.22. The largest absolute Gasteiger partial charge is 0.322 e. The van der Waals surface area contributed by atoms with Crippen molar-refractivity contribution in [1.29, 1.82) is 0 Å². The Morgan fingerprint density at radius 1 is 1.35 bits per heavy atom. The SMILES string of the molecule is CC(C)c1ccccc1NC(=O)c1cn[nH]c1. The number of H-pyrrole nitrogens is 1. The van der Waals surface area contributed by atoms with Crippen molar-refractivity contribution in [2.75, 3.05) is 5.32 Å². The number of anilines is 1. The molecule has 1 amide bonds. The Bertz CT molecular complexity index is 503. The van der Waals surface area contributed by atoms with Gasteiger partial charge in [0.1, 0.15) is 0 Å². The number of nitrogens with one attached hydrogen (secondary N) is 2. The number of aromatic amines is 1. The summed E-state index contributed by atoms with van der Waals surface area (Å²) in [6, 6.07) is 7.82. The highest BCUT2D eigenvalue weighted by Crippen LogP contribution is 2.23. The number of hydrogen-bond donors (Lipinski definition) is 2. The van der Waals surface area contributed by atoms with E-state index < -0.39 is 0 Å². The lowest BCUT2D eigenvalue weighted by molar-refractivity contribution is 0.102. The van der Waals surface area contributed by atoms with Crippen LogP contribution in [0.1, 0.15) is 35.7 Å². The van der Waals surface area contributed by atoms with Gasteiger partial charge in [0.15, 0.2) is 0 Å². The van der Waals surface area contributed by atoms with Gasteiger partial charge >= 0.3 is 0 Å². The van der Waals surface area contributed by atoms with Gasteiger partial charge in [0.2, 0.25) is 0 Å². The second-order valence-corrected chi connectivity index (χ2v) is 4.18. The number of nitrogens with zero attached hydrogens (tertiary/aromatic N) is 1. The summed E-state index contributed by atoms with van der Waals surface area (Å²) in [5.41, 5.74) is 2.52. The second kappa shape index (κ2) is 4.82. The molecule has 88 valence electrons. The summed E-state index contributed by atoms with van der Waals surface area (Å²) in [6.45, 7) is 4.20. The molecular formula is C13H15N3O. The molecule has 17 heavy (non-hydrogen) atoms. The van der Waals surface area contributed by atoms with E-state index in [0.717, 1.165) is 11.3 Å². The molecule has 0 aliphatic rings. The van der Waals surface area contributed by atoms with Crippen molar-refractivity contribution < 1.29 is 4.79 Å². The summed E-state index contributed by atoms with van der Waals surface area (Å²) < 4.78 is 0. The molecule has 0 saturated carbocycles. The van der Waals surface area contributed by atoms with Gasteiger partial charge in [-0.3, -0.25) is 9.89 Å². The van der Waals surface area contributed by atoms with Crippen LogP contribution in [0.3, 0.4) is 0 Å². The van der Waals surface area contributed by atoms with Crippen molar-refractivity contribution in [3.63, 3.8) is 0 Å². The normalized spacial score (nSPS) is 10.5. The van der Waals surface area contributed by atoms with Crippen LogP contribution in [0.25, 0.3) is 0 Å². The average Bonchev–Trinajstić information content (AvgIpc) is 2.83. The molecule has 4 nitrogen and oxygen atoms in total. The van der Waals surface area contributed by atoms with Gasteiger partial charge in [0, 0.05) is 11.9 Å². The van der Waals surface area contributed by atoms with Gasteiger partial charge in [-0.1, -0.05) is 32.0 Å². The third kappa shape index (κ3) is 2.53. The fourth-order valence-corrected chi connectivity index (χ4v) is 1.68. The second-order valence-electron chi connectivity index (χ2n) is 4.18. The quantitative estimate of drug-likeness (QED) is 0.850. The first kappa shape index (κ1) is 11.4. The first-order valence-electron chi connectivity index (χ1n) is 5.57. The minimum Gasteiger partial charge on any atom is -0.322 e. The smallest absolute Gasteiger partial charge is 0.258 e. The highest BCUT2D eigenvalue weighted by atomic mass is 16.1. The van der Waals surface area contributed by atoms with Crippen LogP contribution in [0.5, 0.6) is 0 Å². The fraction of sp³-hybridized carbons (Fsp3) is 0.231. The van der Waals surface area contributed by atoms with Gasteiger partial charge in [-0.25, -0.2) is 0 Å². The number of carbonyl (C=O) groups is 1. The molecule has 2 aromatic rings. The van der Waals surface area contributed by atoms with Crippen molar-refractivity contribution in [3.05, 3.63) is 47.8 Å². The number of para-hydroxylation sites is 1. The fourth-order valence-electron chi connectivity index (χ4n) is 1.68. The van der Waals surface area contributed by atoms with Crippen molar-refractivity contribution in [1.82, 2.24) is 10.2 Å². The van der Waals surface area contributed by atoms with Gasteiger partial charge in [-0.05, 0) is 17.5 Å². The number of benzene rings is 1. The van der Waals surface area contributed by atoms with Gasteiger partial charge in [-0.15, -0.1) is 0 Å². The summed E-state index contributed by atoms with van der Waals surface area (Å²) in [4.78, 5) is 11.9. The Morgan fingerprint density at radius 3 is 2.76 bits per heavy atom. The van der Waals surface area contributed by atoms with Crippen molar-refractivity contribution in [3.8, 4) is 0 Å². The predicted octanol–water partition coefficient (Wildman–Crippen LogP) is 2.79. The molecule has 0 fully saturated rings. The van der Waals surface area contributed by atoms with Gasteiger partial charge in [0.05, 0.1) is 11.8 Å². The lowest BCUT2D eigenvalue weighted by atomic mass is 10.0. The predicted molar refractivity (Wildman–Crippen MR) is 67.1 cm³/mol. The monoisotopic (exact) mass is 229 g/mol. The molecule has 2 N–H and O–H groups in total. The minimum atomic E-state index is -0.146. The van der Waals surface area contributed by atoms with Crippen LogP contribution in [0.15, 0.2) is 36.7 Å². The van der Waals surface area contributed by atoms with Crippen LogP contribution in [-0.4, -0.2) is 16.1 Å². The molecule has 0 spiro atoms. The zero-order valence-corrected chi connectivity index (χ0v) is 9.90. The zero-order chi connectivity index (χ0) is 12.3. The summed E-state index contributed by atoms with van der Waals surface area (Å²) in [5, 5.41) is 9.27. The number of amides is 1. The van der Waals surface area contributed by atoms with E-state index in [0.29, 0.717) is 11.5 Å². The Morgan fingerprint density at radius 2 is 2.12 bits per heavy atom. The van der Waals surface area contributed by atoms with Gasteiger partial charge < -0.3 is 5.32 Å². The summed E-state index contributed by atoms with van der Waals surface area (Å²) in [6.07, 6.45) is 3.08. The molecule has 1 aromatic heterocycles. The molecule has 0 aliphatic carbocycles. The number of hydrogen-bond acceptors (Lipinski definition) is 2. The lowest BCUT2D eigenvalue weighted by Gasteiger charge is -2.12. The molecule has 0 unspecified atom stereocenters. The topological polar surface area (TPSA) is 57.8 Å². The van der Waals surface area contributed by atoms with E-state index in [9.17, 15) is 4.79 Å². The highest BCUT2D eigenvalue weighted by molar-refractivity contribution is 6.04. The Hall–Kier alpha value is -2.10. The highest BCUT2D eigenvalue weighted by Gasteiger charge is 2.11. The van der Waals surface area contributed by atoms with Crippen molar-refractivity contribution >= 4 is 11.6 Å². The first-order chi connectivity index (χ1) is 8.18. The maximum absolute atomic E-state index is 11.9. The molecule has 2 rings (SSSR count).